The predicted octanol–water partition coefficient (Wildman–Crippen LogP) is 1.20. The van der Waals surface area contributed by atoms with Gasteiger partial charge in [0.1, 0.15) is 11.9 Å². The lowest BCUT2D eigenvalue weighted by Crippen LogP contribution is -2.43. The molecule has 0 amide bonds. The van der Waals surface area contributed by atoms with Gasteiger partial charge >= 0.3 is 5.69 Å². The van der Waals surface area contributed by atoms with Gasteiger partial charge in [0.2, 0.25) is 0 Å². The number of rotatable bonds is 2. The fraction of sp³-hybridized carbons (Fsp3) is 0.545. The fourth-order valence-corrected chi connectivity index (χ4v) is 2.05. The van der Waals surface area contributed by atoms with E-state index in [1.807, 2.05) is 11.8 Å². The lowest BCUT2D eigenvalue weighted by molar-refractivity contribution is -0.384. The third-order valence-corrected chi connectivity index (χ3v) is 3.23. The molecule has 0 bridgehead atoms. The summed E-state index contributed by atoms with van der Waals surface area (Å²) in [5, 5.41) is 20.7. The minimum Gasteiger partial charge on any atom is -0.391 e. The Morgan fingerprint density at radius 2 is 2.41 bits per heavy atom. The number of anilines is 1. The molecule has 0 saturated carbocycles. The topological polar surface area (TPSA) is 79.5 Å². The maximum absolute atomic E-state index is 10.9. The van der Waals surface area contributed by atoms with Crippen molar-refractivity contribution in [3.05, 3.63) is 28.6 Å². The van der Waals surface area contributed by atoms with Crippen LogP contribution >= 0.6 is 0 Å². The van der Waals surface area contributed by atoms with Crippen molar-refractivity contribution < 1.29 is 10.0 Å². The Hall–Kier alpha value is -1.69. The van der Waals surface area contributed by atoms with Crippen LogP contribution < -0.4 is 4.90 Å². The van der Waals surface area contributed by atoms with Crippen molar-refractivity contribution in [2.75, 3.05) is 18.0 Å². The van der Waals surface area contributed by atoms with Crippen molar-refractivity contribution >= 4 is 11.4 Å². The maximum atomic E-state index is 10.9. The molecule has 1 aliphatic rings. The van der Waals surface area contributed by atoms with Crippen LogP contribution in [-0.2, 0) is 0 Å². The van der Waals surface area contributed by atoms with E-state index < -0.39 is 11.0 Å². The molecule has 0 spiro atoms. The average molecular weight is 237 g/mol. The Bertz CT molecular complexity index is 424. The van der Waals surface area contributed by atoms with Crippen molar-refractivity contribution in [2.45, 2.75) is 19.4 Å². The third kappa shape index (κ3) is 2.36. The van der Waals surface area contributed by atoms with Crippen molar-refractivity contribution in [1.29, 1.82) is 0 Å². The lowest BCUT2D eigenvalue weighted by Gasteiger charge is -2.35. The van der Waals surface area contributed by atoms with Gasteiger partial charge < -0.3 is 10.0 Å². The average Bonchev–Trinajstić information content (AvgIpc) is 2.32. The minimum absolute atomic E-state index is 0.00532. The first-order chi connectivity index (χ1) is 8.09. The zero-order chi connectivity index (χ0) is 12.4. The molecule has 1 aliphatic heterocycles. The molecular weight excluding hydrogens is 222 g/mol. The van der Waals surface area contributed by atoms with Gasteiger partial charge in [0.25, 0.3) is 0 Å². The molecule has 6 heteroatoms. The number of β-amino-alcohol motifs (C(OH)–C–C–N with tert-alkyl or cyclic N) is 1. The summed E-state index contributed by atoms with van der Waals surface area (Å²) in [5.74, 6) is 0.243. The number of nitro groups is 1. The highest BCUT2D eigenvalue weighted by atomic mass is 16.6. The van der Waals surface area contributed by atoms with Crippen LogP contribution in [-0.4, -0.2) is 34.2 Å². The molecule has 1 aromatic heterocycles. The van der Waals surface area contributed by atoms with Gasteiger partial charge in [0.05, 0.1) is 11.0 Å². The van der Waals surface area contributed by atoms with E-state index in [1.165, 1.54) is 12.4 Å². The number of hydrogen-bond donors (Lipinski definition) is 1. The quantitative estimate of drug-likeness (QED) is 0.617. The fourth-order valence-electron chi connectivity index (χ4n) is 2.05. The molecule has 2 heterocycles. The SMILES string of the molecule is CC1CCN(c2ccncc2[N+](=O)[O-])CC1O. The van der Waals surface area contributed by atoms with Gasteiger partial charge in [0, 0.05) is 19.3 Å². The van der Waals surface area contributed by atoms with Crippen LogP contribution in [0.3, 0.4) is 0 Å². The molecule has 2 atom stereocenters. The minimum atomic E-state index is -0.438. The zero-order valence-corrected chi connectivity index (χ0v) is 9.61. The monoisotopic (exact) mass is 237 g/mol. The van der Waals surface area contributed by atoms with Crippen LogP contribution in [0.15, 0.2) is 18.5 Å². The van der Waals surface area contributed by atoms with E-state index in [0.717, 1.165) is 13.0 Å². The van der Waals surface area contributed by atoms with Gasteiger partial charge in [-0.1, -0.05) is 6.92 Å². The summed E-state index contributed by atoms with van der Waals surface area (Å²) in [5.41, 5.74) is 0.533. The van der Waals surface area contributed by atoms with Crippen LogP contribution in [0, 0.1) is 16.0 Å². The second-order valence-electron chi connectivity index (χ2n) is 4.40. The number of aromatic nitrogens is 1. The van der Waals surface area contributed by atoms with Crippen molar-refractivity contribution in [3.63, 3.8) is 0 Å². The molecule has 1 aromatic rings. The summed E-state index contributed by atoms with van der Waals surface area (Å²) in [6.45, 7) is 3.15. The third-order valence-electron chi connectivity index (χ3n) is 3.23. The molecule has 6 nitrogen and oxygen atoms in total. The lowest BCUT2D eigenvalue weighted by atomic mass is 9.95. The number of pyridine rings is 1. The summed E-state index contributed by atoms with van der Waals surface area (Å²) >= 11 is 0. The molecule has 17 heavy (non-hydrogen) atoms. The van der Waals surface area contributed by atoms with Gasteiger partial charge in [-0.2, -0.15) is 0 Å². The molecule has 1 saturated heterocycles. The number of aliphatic hydroxyl groups is 1. The van der Waals surface area contributed by atoms with Gasteiger partial charge in [-0.15, -0.1) is 0 Å². The Kier molecular flexibility index (Phi) is 3.23. The van der Waals surface area contributed by atoms with E-state index in [0.29, 0.717) is 12.2 Å². The highest BCUT2D eigenvalue weighted by molar-refractivity contribution is 5.61. The van der Waals surface area contributed by atoms with Gasteiger partial charge in [0.15, 0.2) is 0 Å². The normalized spacial score (nSPS) is 24.7. The zero-order valence-electron chi connectivity index (χ0n) is 9.61. The Morgan fingerprint density at radius 3 is 3.06 bits per heavy atom. The molecule has 0 radical (unpaired) electrons. The van der Waals surface area contributed by atoms with E-state index in [9.17, 15) is 15.2 Å². The number of nitrogens with zero attached hydrogens (tertiary/aromatic N) is 3. The molecule has 1 fully saturated rings. The van der Waals surface area contributed by atoms with E-state index in [4.69, 9.17) is 0 Å². The Balaban J connectivity index is 2.25. The second kappa shape index (κ2) is 4.67. The van der Waals surface area contributed by atoms with Crippen LogP contribution in [0.4, 0.5) is 11.4 Å². The summed E-state index contributed by atoms with van der Waals surface area (Å²) in [4.78, 5) is 16.1. The molecule has 2 unspecified atom stereocenters. The van der Waals surface area contributed by atoms with E-state index in [-0.39, 0.29) is 11.6 Å². The summed E-state index contributed by atoms with van der Waals surface area (Å²) in [6, 6.07) is 1.63. The van der Waals surface area contributed by atoms with Crippen LogP contribution in [0.25, 0.3) is 0 Å². The first kappa shape index (κ1) is 11.8. The van der Waals surface area contributed by atoms with Crippen LogP contribution in [0.1, 0.15) is 13.3 Å². The summed E-state index contributed by atoms with van der Waals surface area (Å²) in [6.07, 6.45) is 3.18. The first-order valence-corrected chi connectivity index (χ1v) is 5.61. The van der Waals surface area contributed by atoms with Crippen molar-refractivity contribution in [1.82, 2.24) is 4.98 Å². The Morgan fingerprint density at radius 1 is 1.65 bits per heavy atom. The van der Waals surface area contributed by atoms with Crippen molar-refractivity contribution in [2.24, 2.45) is 5.92 Å². The molecular formula is C11H15N3O3. The first-order valence-electron chi connectivity index (χ1n) is 5.61. The number of hydrogen-bond acceptors (Lipinski definition) is 5. The van der Waals surface area contributed by atoms with Crippen LogP contribution in [0.5, 0.6) is 0 Å². The standard InChI is InChI=1S/C11H15N3O3/c1-8-3-5-13(7-11(8)15)9-2-4-12-6-10(9)14(16)17/h2,4,6,8,11,15H,3,5,7H2,1H3. The Labute approximate surface area is 99.0 Å². The van der Waals surface area contributed by atoms with E-state index in [1.54, 1.807) is 6.07 Å². The number of piperidine rings is 1. The summed E-state index contributed by atoms with van der Waals surface area (Å²) in [7, 11) is 0. The highest BCUT2D eigenvalue weighted by Gasteiger charge is 2.28. The van der Waals surface area contributed by atoms with E-state index >= 15 is 0 Å². The van der Waals surface area contributed by atoms with E-state index in [2.05, 4.69) is 4.98 Å². The molecule has 92 valence electrons. The van der Waals surface area contributed by atoms with Crippen LogP contribution in [0.2, 0.25) is 0 Å². The largest absolute Gasteiger partial charge is 0.391 e. The van der Waals surface area contributed by atoms with Gasteiger partial charge in [-0.05, 0) is 18.4 Å². The smallest absolute Gasteiger partial charge is 0.310 e. The van der Waals surface area contributed by atoms with Gasteiger partial charge in [-0.3, -0.25) is 15.1 Å². The predicted molar refractivity (Wildman–Crippen MR) is 62.9 cm³/mol. The van der Waals surface area contributed by atoms with Gasteiger partial charge in [-0.25, -0.2) is 0 Å². The summed E-state index contributed by atoms with van der Waals surface area (Å²) < 4.78 is 0. The molecule has 1 N–H and O–H groups in total. The highest BCUT2D eigenvalue weighted by Crippen LogP contribution is 2.30. The molecule has 0 aliphatic carbocycles. The maximum Gasteiger partial charge on any atom is 0.310 e. The number of aliphatic hydroxyl groups excluding tert-OH is 1. The molecule has 0 aromatic carbocycles. The second-order valence-corrected chi connectivity index (χ2v) is 4.40. The van der Waals surface area contributed by atoms with Crippen molar-refractivity contribution in [3.8, 4) is 0 Å². The molecule has 2 rings (SSSR count).